The molecule has 1 aromatic heterocycles. The Bertz CT molecular complexity index is 846. The predicted octanol–water partition coefficient (Wildman–Crippen LogP) is 0.796. The molecule has 0 aliphatic carbocycles. The Morgan fingerprint density at radius 1 is 1.12 bits per heavy atom. The fourth-order valence-electron chi connectivity index (χ4n) is 2.25. The summed E-state index contributed by atoms with van der Waals surface area (Å²) in [5, 5.41) is 14.0. The van der Waals surface area contributed by atoms with E-state index in [0.717, 1.165) is 5.56 Å². The van der Waals surface area contributed by atoms with Crippen molar-refractivity contribution >= 4 is 33.0 Å². The first-order chi connectivity index (χ1) is 12.4. The van der Waals surface area contributed by atoms with Crippen LogP contribution >= 0.6 is 11.3 Å². The number of aryl methyl sites for hydroxylation is 1. The van der Waals surface area contributed by atoms with Gasteiger partial charge >= 0.3 is 11.8 Å². The van der Waals surface area contributed by atoms with Crippen molar-refractivity contribution in [2.24, 2.45) is 0 Å². The lowest BCUT2D eigenvalue weighted by atomic mass is 10.2. The topological polar surface area (TPSA) is 113 Å². The van der Waals surface area contributed by atoms with Gasteiger partial charge in [-0.25, -0.2) is 8.42 Å². The van der Waals surface area contributed by atoms with Crippen LogP contribution in [0.2, 0.25) is 0 Å². The fourth-order valence-corrected chi connectivity index (χ4v) is 5.03. The Hall–Kier alpha value is -2.23. The summed E-state index contributed by atoms with van der Waals surface area (Å²) in [6.45, 7) is 1.28. The second-order valence-electron chi connectivity index (χ2n) is 5.55. The summed E-state index contributed by atoms with van der Waals surface area (Å²) in [7, 11) is -3.76. The zero-order valence-electron chi connectivity index (χ0n) is 14.1. The zero-order chi connectivity index (χ0) is 19.2. The van der Waals surface area contributed by atoms with Gasteiger partial charge in [0.2, 0.25) is 0 Å². The van der Waals surface area contributed by atoms with E-state index < -0.39 is 26.9 Å². The first-order valence-electron chi connectivity index (χ1n) is 7.87. The van der Waals surface area contributed by atoms with Gasteiger partial charge in [-0.05, 0) is 30.5 Å². The van der Waals surface area contributed by atoms with Crippen molar-refractivity contribution < 1.29 is 23.1 Å². The summed E-state index contributed by atoms with van der Waals surface area (Å²) < 4.78 is 26.0. The van der Waals surface area contributed by atoms with Crippen LogP contribution in [-0.2, 0) is 19.4 Å². The summed E-state index contributed by atoms with van der Waals surface area (Å²) >= 11 is 1.27. The van der Waals surface area contributed by atoms with Gasteiger partial charge in [-0.1, -0.05) is 23.8 Å². The van der Waals surface area contributed by atoms with Gasteiger partial charge in [0.1, 0.15) is 5.25 Å². The quantitative estimate of drug-likeness (QED) is 0.599. The van der Waals surface area contributed by atoms with Crippen molar-refractivity contribution in [2.45, 2.75) is 17.1 Å². The number of thiophene rings is 1. The molecule has 0 bridgehead atoms. The average Bonchev–Trinajstić information content (AvgIpc) is 3.14. The molecule has 2 amide bonds. The molecule has 1 heterocycles. The smallest absolute Gasteiger partial charge is 0.309 e. The van der Waals surface area contributed by atoms with Gasteiger partial charge in [0.05, 0.1) is 11.5 Å². The number of carbonyl (C=O) groups excluding carboxylic acids is 2. The highest BCUT2D eigenvalue weighted by molar-refractivity contribution is 7.91. The maximum atomic E-state index is 13.0. The number of carbonyl (C=O) groups is 2. The Kier molecular flexibility index (Phi) is 6.90. The van der Waals surface area contributed by atoms with Crippen LogP contribution in [-0.4, -0.2) is 45.0 Å². The molecule has 3 N–H and O–H groups in total. The number of nitrogens with one attached hydrogen (secondary N) is 2. The highest BCUT2D eigenvalue weighted by atomic mass is 32.2. The predicted molar refractivity (Wildman–Crippen MR) is 98.5 cm³/mol. The maximum Gasteiger partial charge on any atom is 0.309 e. The molecule has 0 spiro atoms. The van der Waals surface area contributed by atoms with Crippen molar-refractivity contribution in [1.82, 2.24) is 10.6 Å². The molecule has 26 heavy (non-hydrogen) atoms. The van der Waals surface area contributed by atoms with Crippen LogP contribution in [0.4, 0.5) is 0 Å². The summed E-state index contributed by atoms with van der Waals surface area (Å²) in [6, 6.07) is 9.88. The molecule has 0 aliphatic heterocycles. The van der Waals surface area contributed by atoms with Gasteiger partial charge in [0, 0.05) is 18.0 Å². The molecule has 0 saturated carbocycles. The Morgan fingerprint density at radius 2 is 1.77 bits per heavy atom. The molecule has 2 rings (SSSR count). The van der Waals surface area contributed by atoms with Crippen LogP contribution in [0.25, 0.3) is 0 Å². The lowest BCUT2D eigenvalue weighted by molar-refractivity contribution is -0.139. The lowest BCUT2D eigenvalue weighted by Gasteiger charge is -2.17. The van der Waals surface area contributed by atoms with E-state index in [1.54, 1.807) is 29.6 Å². The molecule has 1 aromatic carbocycles. The summed E-state index contributed by atoms with van der Waals surface area (Å²) in [4.78, 5) is 24.1. The van der Waals surface area contributed by atoms with Crippen LogP contribution in [0.3, 0.4) is 0 Å². The Labute approximate surface area is 156 Å². The molecule has 0 aliphatic rings. The van der Waals surface area contributed by atoms with Crippen molar-refractivity contribution in [3.8, 4) is 0 Å². The zero-order valence-corrected chi connectivity index (χ0v) is 15.8. The van der Waals surface area contributed by atoms with Crippen LogP contribution in [0.5, 0.6) is 0 Å². The third-order valence-corrected chi connectivity index (χ3v) is 6.87. The molecule has 0 radical (unpaired) electrons. The highest BCUT2D eigenvalue weighted by Gasteiger charge is 2.31. The third kappa shape index (κ3) is 4.90. The monoisotopic (exact) mass is 396 g/mol. The third-order valence-electron chi connectivity index (χ3n) is 3.64. The second kappa shape index (κ2) is 8.93. The molecule has 9 heteroatoms. The van der Waals surface area contributed by atoms with Crippen LogP contribution < -0.4 is 10.6 Å². The molecule has 2 aromatic rings. The summed E-state index contributed by atoms with van der Waals surface area (Å²) in [6.07, 6.45) is 0. The van der Waals surface area contributed by atoms with Gasteiger partial charge in [-0.2, -0.15) is 0 Å². The number of hydrogen-bond donors (Lipinski definition) is 3. The highest BCUT2D eigenvalue weighted by Crippen LogP contribution is 2.31. The number of benzene rings is 1. The molecule has 0 fully saturated rings. The average molecular weight is 396 g/mol. The van der Waals surface area contributed by atoms with E-state index in [1.807, 2.05) is 6.92 Å². The lowest BCUT2D eigenvalue weighted by Crippen LogP contribution is -2.43. The van der Waals surface area contributed by atoms with Gasteiger partial charge in [0.15, 0.2) is 9.84 Å². The van der Waals surface area contributed by atoms with Crippen molar-refractivity contribution in [3.63, 3.8) is 0 Å². The first kappa shape index (κ1) is 20.1. The molecule has 1 unspecified atom stereocenters. The summed E-state index contributed by atoms with van der Waals surface area (Å²) in [5.74, 6) is -1.86. The van der Waals surface area contributed by atoms with E-state index in [9.17, 15) is 18.0 Å². The van der Waals surface area contributed by atoms with Crippen molar-refractivity contribution in [2.75, 3.05) is 19.7 Å². The molecule has 1 atom stereocenters. The van der Waals surface area contributed by atoms with Crippen LogP contribution in [0.1, 0.15) is 15.7 Å². The maximum absolute atomic E-state index is 13.0. The number of rotatable bonds is 7. The minimum atomic E-state index is -3.76. The Morgan fingerprint density at radius 3 is 2.35 bits per heavy atom. The number of sulfone groups is 1. The van der Waals surface area contributed by atoms with Crippen LogP contribution in [0.15, 0.2) is 46.7 Å². The number of aliphatic hydroxyl groups excluding tert-OH is 1. The SMILES string of the molecule is Cc1ccc(S(=O)(=O)C(CNC(=O)C(=O)NCCO)c2cccs2)cc1. The number of hydrogen-bond acceptors (Lipinski definition) is 6. The normalized spacial score (nSPS) is 12.4. The summed E-state index contributed by atoms with van der Waals surface area (Å²) in [5.41, 5.74) is 0.936. The van der Waals surface area contributed by atoms with Gasteiger partial charge < -0.3 is 15.7 Å². The molecule has 140 valence electrons. The first-order valence-corrected chi connectivity index (χ1v) is 10.3. The van der Waals surface area contributed by atoms with Crippen LogP contribution in [0, 0.1) is 6.92 Å². The van der Waals surface area contributed by atoms with E-state index in [-0.39, 0.29) is 24.6 Å². The van der Waals surface area contributed by atoms with E-state index in [4.69, 9.17) is 5.11 Å². The minimum absolute atomic E-state index is 0.0533. The fraction of sp³-hybridized carbons (Fsp3) is 0.294. The van der Waals surface area contributed by atoms with Gasteiger partial charge in [-0.15, -0.1) is 11.3 Å². The van der Waals surface area contributed by atoms with Gasteiger partial charge in [-0.3, -0.25) is 9.59 Å². The molecule has 7 nitrogen and oxygen atoms in total. The van der Waals surface area contributed by atoms with E-state index in [0.29, 0.717) is 4.88 Å². The second-order valence-corrected chi connectivity index (χ2v) is 8.66. The van der Waals surface area contributed by atoms with Crippen molar-refractivity contribution in [3.05, 3.63) is 52.2 Å². The molecular weight excluding hydrogens is 376 g/mol. The van der Waals surface area contributed by atoms with Crippen molar-refractivity contribution in [1.29, 1.82) is 0 Å². The van der Waals surface area contributed by atoms with E-state index >= 15 is 0 Å². The largest absolute Gasteiger partial charge is 0.395 e. The van der Waals surface area contributed by atoms with Gasteiger partial charge in [0.25, 0.3) is 0 Å². The standard InChI is InChI=1S/C17H20N2O5S2/c1-12-4-6-13(7-5-12)26(23,24)15(14-3-2-10-25-14)11-19-17(22)16(21)18-8-9-20/h2-7,10,15,20H,8-9,11H2,1H3,(H,18,21)(H,19,22). The van der Waals surface area contributed by atoms with E-state index in [2.05, 4.69) is 10.6 Å². The number of aliphatic hydroxyl groups is 1. The number of amides is 2. The molecule has 0 saturated heterocycles. The molecular formula is C17H20N2O5S2. The van der Waals surface area contributed by atoms with E-state index in [1.165, 1.54) is 23.5 Å². The Balaban J connectivity index is 2.21. The minimum Gasteiger partial charge on any atom is -0.395 e.